The van der Waals surface area contributed by atoms with Crippen molar-refractivity contribution in [1.82, 2.24) is 15.1 Å². The molecule has 3 unspecified atom stereocenters. The van der Waals surface area contributed by atoms with Crippen LogP contribution >= 0.6 is 0 Å². The fourth-order valence-corrected chi connectivity index (χ4v) is 5.35. The zero-order chi connectivity index (χ0) is 23.1. The summed E-state index contributed by atoms with van der Waals surface area (Å²) >= 11 is 0. The summed E-state index contributed by atoms with van der Waals surface area (Å²) < 4.78 is 19.7. The van der Waals surface area contributed by atoms with Crippen LogP contribution in [0, 0.1) is 0 Å². The van der Waals surface area contributed by atoms with Crippen LogP contribution in [0.5, 0.6) is 5.75 Å². The van der Waals surface area contributed by atoms with Crippen LogP contribution in [0.25, 0.3) is 0 Å². The highest BCUT2D eigenvalue weighted by Crippen LogP contribution is 2.33. The number of ether oxygens (including phenoxy) is 1. The minimum atomic E-state index is -0.770. The van der Waals surface area contributed by atoms with Gasteiger partial charge in [-0.15, -0.1) is 0 Å². The van der Waals surface area contributed by atoms with Gasteiger partial charge in [-0.3, -0.25) is 24.6 Å². The van der Waals surface area contributed by atoms with Gasteiger partial charge in [0.1, 0.15) is 24.6 Å². The zero-order valence-electron chi connectivity index (χ0n) is 18.9. The second-order valence-electron chi connectivity index (χ2n) is 9.61. The third kappa shape index (κ3) is 4.28. The van der Waals surface area contributed by atoms with Gasteiger partial charge in [-0.05, 0) is 62.1 Å². The summed E-state index contributed by atoms with van der Waals surface area (Å²) in [6.45, 7) is 4.60. The average molecular weight is 456 g/mol. The third-order valence-electron chi connectivity index (χ3n) is 7.53. The number of likely N-dealkylation sites (tertiary alicyclic amines) is 1. The van der Waals surface area contributed by atoms with Crippen molar-refractivity contribution in [2.75, 3.05) is 19.7 Å². The number of allylic oxidation sites excluding steroid dienone is 1. The molecule has 3 aliphatic heterocycles. The van der Waals surface area contributed by atoms with Gasteiger partial charge >= 0.3 is 0 Å². The number of imide groups is 1. The number of halogens is 1. The van der Waals surface area contributed by atoms with Gasteiger partial charge < -0.3 is 9.64 Å². The second-order valence-corrected chi connectivity index (χ2v) is 9.61. The summed E-state index contributed by atoms with van der Waals surface area (Å²) in [5.74, 6) is -0.168. The fourth-order valence-electron chi connectivity index (χ4n) is 5.35. The van der Waals surface area contributed by atoms with Crippen molar-refractivity contribution < 1.29 is 23.5 Å². The van der Waals surface area contributed by atoms with E-state index in [9.17, 15) is 18.8 Å². The summed E-state index contributed by atoms with van der Waals surface area (Å²) in [6.07, 6.45) is 3.74. The Morgan fingerprint density at radius 1 is 1.18 bits per heavy atom. The largest absolute Gasteiger partial charge is 0.492 e. The summed E-state index contributed by atoms with van der Waals surface area (Å²) in [6, 6.07) is 5.13. The van der Waals surface area contributed by atoms with Crippen LogP contribution in [-0.4, -0.2) is 65.5 Å². The number of nitrogens with zero attached hydrogens (tertiary/aromatic N) is 2. The van der Waals surface area contributed by atoms with Crippen LogP contribution in [0.15, 0.2) is 29.3 Å². The van der Waals surface area contributed by atoms with Crippen molar-refractivity contribution in [3.05, 3.63) is 40.5 Å². The predicted octanol–water partition coefficient (Wildman–Crippen LogP) is 2.74. The van der Waals surface area contributed by atoms with Crippen molar-refractivity contribution in [3.63, 3.8) is 0 Å². The summed E-state index contributed by atoms with van der Waals surface area (Å²) in [5, 5.41) is 2.33. The van der Waals surface area contributed by atoms with E-state index in [4.69, 9.17) is 4.74 Å². The number of benzene rings is 1. The Hall–Kier alpha value is -2.74. The summed E-state index contributed by atoms with van der Waals surface area (Å²) in [4.78, 5) is 40.5. The van der Waals surface area contributed by atoms with Crippen LogP contribution in [0.4, 0.5) is 4.39 Å². The first-order valence-corrected chi connectivity index (χ1v) is 11.9. The Labute approximate surface area is 192 Å². The molecule has 4 aliphatic rings. The monoisotopic (exact) mass is 455 g/mol. The molecule has 3 atom stereocenters. The van der Waals surface area contributed by atoms with Gasteiger partial charge in [0.15, 0.2) is 0 Å². The molecule has 1 N–H and O–H groups in total. The molecule has 3 amide bonds. The first-order chi connectivity index (χ1) is 15.9. The van der Waals surface area contributed by atoms with Crippen LogP contribution in [-0.2, 0) is 16.1 Å². The lowest BCUT2D eigenvalue weighted by Gasteiger charge is -2.38. The van der Waals surface area contributed by atoms with E-state index >= 15 is 0 Å². The van der Waals surface area contributed by atoms with Crippen LogP contribution in [0.1, 0.15) is 61.4 Å². The molecule has 1 aliphatic carbocycles. The number of hydrogen-bond acceptors (Lipinski definition) is 5. The minimum Gasteiger partial charge on any atom is -0.492 e. The second kappa shape index (κ2) is 8.89. The van der Waals surface area contributed by atoms with E-state index in [0.717, 1.165) is 43.5 Å². The molecule has 0 radical (unpaired) electrons. The van der Waals surface area contributed by atoms with E-state index in [1.165, 1.54) is 5.57 Å². The minimum absolute atomic E-state index is 0.181. The maximum Gasteiger partial charge on any atom is 0.255 e. The topological polar surface area (TPSA) is 79.0 Å². The Morgan fingerprint density at radius 2 is 2.03 bits per heavy atom. The van der Waals surface area contributed by atoms with Crippen molar-refractivity contribution in [2.45, 2.75) is 70.2 Å². The van der Waals surface area contributed by atoms with Crippen molar-refractivity contribution in [2.24, 2.45) is 0 Å². The molecule has 0 spiro atoms. The molecule has 8 heteroatoms. The van der Waals surface area contributed by atoms with Crippen molar-refractivity contribution in [3.8, 4) is 5.75 Å². The number of carbonyl (C=O) groups excluding carboxylic acids is 3. The molecular weight excluding hydrogens is 425 g/mol. The van der Waals surface area contributed by atoms with Gasteiger partial charge in [-0.2, -0.15) is 0 Å². The molecule has 1 aromatic rings. The molecule has 5 rings (SSSR count). The number of hydrogen-bond donors (Lipinski definition) is 1. The first kappa shape index (κ1) is 22.1. The number of alkyl halides is 1. The van der Waals surface area contributed by atoms with E-state index in [1.807, 2.05) is 19.1 Å². The number of rotatable bonds is 6. The molecule has 0 aromatic heterocycles. The first-order valence-electron chi connectivity index (χ1n) is 11.9. The molecule has 33 heavy (non-hydrogen) atoms. The molecule has 1 aromatic carbocycles. The van der Waals surface area contributed by atoms with E-state index in [1.54, 1.807) is 11.0 Å². The highest BCUT2D eigenvalue weighted by molar-refractivity contribution is 6.05. The molecule has 3 heterocycles. The molecule has 176 valence electrons. The van der Waals surface area contributed by atoms with Crippen molar-refractivity contribution >= 4 is 17.7 Å². The third-order valence-corrected chi connectivity index (χ3v) is 7.53. The number of carbonyl (C=O) groups is 3. The van der Waals surface area contributed by atoms with Crippen molar-refractivity contribution in [1.29, 1.82) is 0 Å². The lowest BCUT2D eigenvalue weighted by atomic mass is 9.86. The summed E-state index contributed by atoms with van der Waals surface area (Å²) in [7, 11) is 0. The number of piperidine rings is 2. The molecular formula is C25H30FN3O4. The Kier molecular flexibility index (Phi) is 5.95. The lowest BCUT2D eigenvalue weighted by molar-refractivity contribution is -0.136. The van der Waals surface area contributed by atoms with E-state index in [0.29, 0.717) is 37.3 Å². The molecule has 7 nitrogen and oxygen atoms in total. The lowest BCUT2D eigenvalue weighted by Crippen LogP contribution is -2.52. The Bertz CT molecular complexity index is 1020. The van der Waals surface area contributed by atoms with E-state index < -0.39 is 18.1 Å². The van der Waals surface area contributed by atoms with Gasteiger partial charge in [-0.1, -0.05) is 12.0 Å². The normalized spacial score (nSPS) is 28.0. The zero-order valence-corrected chi connectivity index (χ0v) is 18.9. The quantitative estimate of drug-likeness (QED) is 0.527. The van der Waals surface area contributed by atoms with Crippen LogP contribution in [0.2, 0.25) is 0 Å². The average Bonchev–Trinajstić information content (AvgIpc) is 3.13. The van der Waals surface area contributed by atoms with Gasteiger partial charge in [0.2, 0.25) is 11.8 Å². The maximum atomic E-state index is 13.5. The summed E-state index contributed by atoms with van der Waals surface area (Å²) in [5.41, 5.74) is 3.54. The van der Waals surface area contributed by atoms with Gasteiger partial charge in [-0.25, -0.2) is 4.39 Å². The molecule has 0 bridgehead atoms. The number of fused-ring (bicyclic) bond motifs is 1. The predicted molar refractivity (Wildman–Crippen MR) is 119 cm³/mol. The maximum absolute atomic E-state index is 13.5. The Morgan fingerprint density at radius 3 is 2.79 bits per heavy atom. The number of amides is 3. The standard InChI is InChI=1S/C25H30FN3O4/c1-15-16(11-21(15)26)12-28-9-3-2-4-18(28)14-33-19-5-6-20-17(10-19)13-29(25(20)32)22-7-8-23(30)27-24(22)31/h5-6,10,18,21-22H,2-4,7-9,11-14H2,1H3,(H,27,30,31). The van der Waals surface area contributed by atoms with Gasteiger partial charge in [0, 0.05) is 37.5 Å². The number of nitrogens with one attached hydrogen (secondary N) is 1. The van der Waals surface area contributed by atoms with E-state index in [-0.39, 0.29) is 24.3 Å². The molecule has 2 fully saturated rings. The van der Waals surface area contributed by atoms with E-state index in [2.05, 4.69) is 10.2 Å². The molecule has 0 saturated carbocycles. The smallest absolute Gasteiger partial charge is 0.255 e. The highest BCUT2D eigenvalue weighted by Gasteiger charge is 2.39. The Balaban J connectivity index is 1.22. The highest BCUT2D eigenvalue weighted by atomic mass is 19.1. The fraction of sp³-hybridized carbons (Fsp3) is 0.560. The molecule has 2 saturated heterocycles. The van der Waals surface area contributed by atoms with Crippen LogP contribution in [0.3, 0.4) is 0 Å². The van der Waals surface area contributed by atoms with Crippen LogP contribution < -0.4 is 10.1 Å². The van der Waals surface area contributed by atoms with Gasteiger partial charge in [0.25, 0.3) is 5.91 Å². The SMILES string of the molecule is CC1=C(CN2CCCCC2COc2ccc3c(c2)CN(C2CCC(=O)NC2=O)C3=O)CC1F. The van der Waals surface area contributed by atoms with Gasteiger partial charge in [0.05, 0.1) is 0 Å².